The quantitative estimate of drug-likeness (QED) is 0.0296. The zero-order valence-electron chi connectivity index (χ0n) is 48.6. The molecule has 8 N–H and O–H groups in total. The van der Waals surface area contributed by atoms with Gasteiger partial charge in [-0.05, 0) is 72.9 Å². The van der Waals surface area contributed by atoms with Gasteiger partial charge in [0.25, 0.3) is 29.4 Å². The predicted molar refractivity (Wildman–Crippen MR) is 309 cm³/mol. The Balaban J connectivity index is 0.850. The number of benzene rings is 3. The van der Waals surface area contributed by atoms with Crippen LogP contribution in [0.4, 0.5) is 0 Å². The van der Waals surface area contributed by atoms with Crippen molar-refractivity contribution in [3.05, 3.63) is 89.5 Å². The van der Waals surface area contributed by atoms with Crippen LogP contribution in [0.25, 0.3) is 11.1 Å². The highest BCUT2D eigenvalue weighted by Crippen LogP contribution is 2.34. The summed E-state index contributed by atoms with van der Waals surface area (Å²) in [7, 11) is 0. The van der Waals surface area contributed by atoms with Gasteiger partial charge >= 0.3 is 11.9 Å². The molecule has 6 amide bonds. The van der Waals surface area contributed by atoms with Gasteiger partial charge in [0.15, 0.2) is 0 Å². The molecule has 6 atom stereocenters. The summed E-state index contributed by atoms with van der Waals surface area (Å²) in [5, 5.41) is 54.9. The van der Waals surface area contributed by atoms with Crippen LogP contribution in [-0.2, 0) is 66.8 Å². The van der Waals surface area contributed by atoms with Crippen molar-refractivity contribution >= 4 is 59.1 Å². The molecule has 2 heterocycles. The molecule has 0 spiro atoms. The number of hydroxylamine groups is 2. The summed E-state index contributed by atoms with van der Waals surface area (Å²) < 4.78 is 45.1. The zero-order chi connectivity index (χ0) is 62.1. The van der Waals surface area contributed by atoms with Crippen molar-refractivity contribution in [2.75, 3.05) is 110 Å². The zero-order valence-corrected chi connectivity index (χ0v) is 49.4. The molecule has 86 heavy (non-hydrogen) atoms. The fraction of sp³-hybridized carbons (Fsp3) is 0.559. The van der Waals surface area contributed by atoms with E-state index in [-0.39, 0.29) is 56.3 Å². The second-order valence-electron chi connectivity index (χ2n) is 19.9. The average Bonchev–Trinajstić information content (AvgIpc) is 2.06. The topological polar surface area (TPSA) is 352 Å². The summed E-state index contributed by atoms with van der Waals surface area (Å²) in [6.45, 7) is 6.77. The number of unbranched alkanes of at least 4 members (excludes halogenated alkanes) is 1. The van der Waals surface area contributed by atoms with E-state index in [0.717, 1.165) is 23.6 Å². The second kappa shape index (κ2) is 38.5. The van der Waals surface area contributed by atoms with Crippen LogP contribution in [-0.4, -0.2) is 220 Å². The first-order valence-corrected chi connectivity index (χ1v) is 29.7. The first kappa shape index (κ1) is 70.1. The van der Waals surface area contributed by atoms with Crippen molar-refractivity contribution in [1.82, 2.24) is 26.3 Å². The fourth-order valence-electron chi connectivity index (χ4n) is 8.67. The summed E-state index contributed by atoms with van der Waals surface area (Å²) in [6.07, 6.45) is -6.08. The number of carbonyl (C=O) groups excluding carboxylic acids is 7. The Morgan fingerprint density at radius 1 is 0.686 bits per heavy atom. The van der Waals surface area contributed by atoms with E-state index < -0.39 is 84.8 Å². The molecule has 3 aromatic rings. The molecular formula is C59H81N5O21S. The summed E-state index contributed by atoms with van der Waals surface area (Å²) in [5.74, 6) is -5.92. The number of aliphatic carboxylic acids is 1. The fourth-order valence-corrected chi connectivity index (χ4v) is 9.45. The Morgan fingerprint density at radius 3 is 1.90 bits per heavy atom. The summed E-state index contributed by atoms with van der Waals surface area (Å²) in [5.41, 5.74) is 3.37. The number of amides is 6. The monoisotopic (exact) mass is 1230 g/mol. The van der Waals surface area contributed by atoms with Crippen LogP contribution >= 0.6 is 11.8 Å². The molecular weight excluding hydrogens is 1150 g/mol. The number of carbonyl (C=O) groups is 8. The molecule has 0 aromatic heterocycles. The number of rotatable bonds is 42. The van der Waals surface area contributed by atoms with Crippen molar-refractivity contribution < 1.29 is 102 Å². The van der Waals surface area contributed by atoms with Gasteiger partial charge < -0.3 is 84.4 Å². The minimum absolute atomic E-state index is 0.0121. The van der Waals surface area contributed by atoms with Gasteiger partial charge in [-0.2, -0.15) is 11.8 Å². The van der Waals surface area contributed by atoms with Crippen LogP contribution in [0.2, 0.25) is 0 Å². The number of nitrogens with one attached hydrogen (secondary N) is 4. The van der Waals surface area contributed by atoms with Crippen LogP contribution in [0.15, 0.2) is 72.8 Å². The summed E-state index contributed by atoms with van der Waals surface area (Å²) in [4.78, 5) is 102. The number of aryl methyl sites for hydroxylation is 1. The van der Waals surface area contributed by atoms with E-state index in [9.17, 15) is 58.8 Å². The number of nitrogens with zero attached hydrogens (tertiary/aromatic N) is 1. The molecule has 2 saturated heterocycles. The Hall–Kier alpha value is -6.63. The Morgan fingerprint density at radius 2 is 1.27 bits per heavy atom. The van der Waals surface area contributed by atoms with Gasteiger partial charge in [0.05, 0.1) is 90.9 Å². The van der Waals surface area contributed by atoms with Crippen molar-refractivity contribution in [2.45, 2.75) is 101 Å². The summed E-state index contributed by atoms with van der Waals surface area (Å²) >= 11 is 1.47. The number of carboxylic acids is 1. The Kier molecular flexibility index (Phi) is 31.4. The molecule has 3 aromatic carbocycles. The lowest BCUT2D eigenvalue weighted by molar-refractivity contribution is -0.310. The molecule has 2 fully saturated rings. The third kappa shape index (κ3) is 24.6. The van der Waals surface area contributed by atoms with Crippen molar-refractivity contribution in [1.29, 1.82) is 0 Å². The maximum atomic E-state index is 13.0. The predicted octanol–water partition coefficient (Wildman–Crippen LogP) is 1.86. The second-order valence-corrected chi connectivity index (χ2v) is 21.1. The SMILES string of the molecule is CC(=O)N[C@H]1[C@H]([C@H](O)[C@H](O)CNC(=O)c2ccc(-c3ccccc3)cc2)O[C@@](OCCCSCCNC(=O)c2ccc(C)c(OCCOCCOCCOCCOCCOCCNC(=O)CCCCC(=O)ON3C(=O)CCC3=O)c2)(C(=O)O)C[C@@H]1O. The lowest BCUT2D eigenvalue weighted by atomic mass is 9.88. The van der Waals surface area contributed by atoms with Crippen molar-refractivity contribution in [3.8, 4) is 16.9 Å². The molecule has 27 heteroatoms. The van der Waals surface area contributed by atoms with E-state index in [0.29, 0.717) is 126 Å². The first-order chi connectivity index (χ1) is 41.5. The molecule has 2 aliphatic heterocycles. The van der Waals surface area contributed by atoms with Crippen molar-refractivity contribution in [2.24, 2.45) is 0 Å². The molecule has 0 radical (unpaired) electrons. The van der Waals surface area contributed by atoms with Crippen LogP contribution in [0, 0.1) is 6.92 Å². The van der Waals surface area contributed by atoms with E-state index in [1.54, 1.807) is 42.5 Å². The van der Waals surface area contributed by atoms with Crippen LogP contribution in [0.1, 0.15) is 84.6 Å². The van der Waals surface area contributed by atoms with Gasteiger partial charge in [-0.3, -0.25) is 28.8 Å². The maximum Gasteiger partial charge on any atom is 0.364 e. The molecule has 0 bridgehead atoms. The van der Waals surface area contributed by atoms with E-state index in [4.69, 9.17) is 42.7 Å². The first-order valence-electron chi connectivity index (χ1n) is 28.6. The largest absolute Gasteiger partial charge is 0.491 e. The molecule has 0 saturated carbocycles. The third-order valence-corrected chi connectivity index (χ3v) is 14.3. The smallest absolute Gasteiger partial charge is 0.364 e. The van der Waals surface area contributed by atoms with Gasteiger partial charge in [0.1, 0.15) is 24.6 Å². The lowest BCUT2D eigenvalue weighted by Gasteiger charge is -2.46. The van der Waals surface area contributed by atoms with Crippen LogP contribution in [0.3, 0.4) is 0 Å². The number of imide groups is 1. The van der Waals surface area contributed by atoms with E-state index >= 15 is 0 Å². The standard InChI is InChI=1S/C59H81N5O21S/c1-40-13-14-45(37-48(40)82-34-33-81-32-31-80-30-29-79-28-27-78-26-25-77-24-21-60-49(68)11-6-7-12-52(71)85-64-50(69)19-20-51(64)70)57(74)61-22-36-86-35-8-23-83-59(58(75)76)38-46(66)53(63-41(2)65)55(84-59)54(72)47(67)39-62-56(73)44-17-15-43(16-18-44)42-9-4-3-5-10-42/h3-5,9-10,13-18,37,46-47,53-55,66-67,72H,6-8,11-12,19-36,38-39H2,1-2H3,(H,60,68)(H,61,74)(H,62,73)(H,63,65)(H,75,76)/t46-,47+,53+,54+,55+,59+/m0/s1. The third-order valence-electron chi connectivity index (χ3n) is 13.3. The Labute approximate surface area is 503 Å². The van der Waals surface area contributed by atoms with Gasteiger partial charge in [-0.15, -0.1) is 5.06 Å². The minimum Gasteiger partial charge on any atom is -0.491 e. The summed E-state index contributed by atoms with van der Waals surface area (Å²) in [6, 6.07) is 20.1. The minimum atomic E-state index is -2.45. The number of hydrogen-bond acceptors (Lipinski definition) is 21. The molecule has 0 aliphatic carbocycles. The molecule has 474 valence electrons. The maximum absolute atomic E-state index is 13.0. The molecule has 5 rings (SSSR count). The van der Waals surface area contributed by atoms with E-state index in [1.807, 2.05) is 37.3 Å². The van der Waals surface area contributed by atoms with Crippen molar-refractivity contribution in [3.63, 3.8) is 0 Å². The average molecular weight is 1230 g/mol. The molecule has 0 unspecified atom stereocenters. The lowest BCUT2D eigenvalue weighted by Crippen LogP contribution is -2.68. The number of carboxylic acid groups (broad SMARTS) is 1. The normalized spacial score (nSPS) is 18.2. The highest BCUT2D eigenvalue weighted by atomic mass is 32.2. The Bertz CT molecular complexity index is 2600. The number of aliphatic hydroxyl groups is 3. The number of ether oxygens (including phenoxy) is 8. The van der Waals surface area contributed by atoms with Gasteiger partial charge in [0, 0.05) is 75.5 Å². The van der Waals surface area contributed by atoms with E-state index in [2.05, 4.69) is 21.3 Å². The number of thioether (sulfide) groups is 1. The molecule has 2 aliphatic rings. The highest BCUT2D eigenvalue weighted by Gasteiger charge is 2.55. The van der Waals surface area contributed by atoms with Crippen LogP contribution in [0.5, 0.6) is 5.75 Å². The van der Waals surface area contributed by atoms with Crippen LogP contribution < -0.4 is 26.0 Å². The number of aliphatic hydroxyl groups excluding tert-OH is 3. The molecule has 26 nitrogen and oxygen atoms in total. The van der Waals surface area contributed by atoms with Gasteiger partial charge in [-0.25, -0.2) is 9.59 Å². The van der Waals surface area contributed by atoms with Gasteiger partial charge in [-0.1, -0.05) is 48.5 Å². The highest BCUT2D eigenvalue weighted by molar-refractivity contribution is 7.99. The van der Waals surface area contributed by atoms with Gasteiger partial charge in [0.2, 0.25) is 11.8 Å². The van der Waals surface area contributed by atoms with E-state index in [1.165, 1.54) is 11.8 Å². The number of hydrogen-bond donors (Lipinski definition) is 8.